The fourth-order valence-corrected chi connectivity index (χ4v) is 4.28. The molecular weight excluding hydrogens is 418 g/mol. The van der Waals surface area contributed by atoms with E-state index >= 15 is 0 Å². The van der Waals surface area contributed by atoms with E-state index in [0.29, 0.717) is 15.3 Å². The number of aromatic nitrogens is 3. The van der Waals surface area contributed by atoms with Crippen LogP contribution in [0.1, 0.15) is 56.0 Å². The van der Waals surface area contributed by atoms with Gasteiger partial charge in [-0.3, -0.25) is 4.79 Å². The van der Waals surface area contributed by atoms with Crippen LogP contribution in [0.5, 0.6) is 5.75 Å². The first-order valence-electron chi connectivity index (χ1n) is 11.1. The topological polar surface area (TPSA) is 56.5 Å². The van der Waals surface area contributed by atoms with Crippen LogP contribution in [0.4, 0.5) is 0 Å². The van der Waals surface area contributed by atoms with Gasteiger partial charge in [0.1, 0.15) is 5.75 Å². The van der Waals surface area contributed by atoms with Gasteiger partial charge < -0.3 is 4.74 Å². The Hall–Kier alpha value is -3.25. The van der Waals surface area contributed by atoms with Crippen LogP contribution in [0.3, 0.4) is 0 Å². The summed E-state index contributed by atoms with van der Waals surface area (Å²) >= 11 is 1.34. The van der Waals surface area contributed by atoms with Crippen molar-refractivity contribution in [3.05, 3.63) is 86.4 Å². The van der Waals surface area contributed by atoms with Gasteiger partial charge in [-0.1, -0.05) is 92.5 Å². The largest absolute Gasteiger partial charge is 0.494 e. The molecular formula is C26H27N3O2S. The third kappa shape index (κ3) is 5.71. The van der Waals surface area contributed by atoms with Crippen LogP contribution in [0.15, 0.2) is 59.4 Å². The zero-order valence-electron chi connectivity index (χ0n) is 18.2. The molecule has 0 radical (unpaired) electrons. The lowest BCUT2D eigenvalue weighted by molar-refractivity contribution is 0.304. The minimum atomic E-state index is -0.149. The summed E-state index contributed by atoms with van der Waals surface area (Å²) in [4.78, 5) is 17.8. The Labute approximate surface area is 191 Å². The van der Waals surface area contributed by atoms with E-state index in [0.717, 1.165) is 29.9 Å². The second-order valence-electron chi connectivity index (χ2n) is 7.66. The molecule has 0 aliphatic heterocycles. The van der Waals surface area contributed by atoms with Crippen molar-refractivity contribution >= 4 is 34.5 Å². The number of fused-ring (bicyclic) bond motifs is 1. The first-order valence-corrected chi connectivity index (χ1v) is 11.9. The summed E-state index contributed by atoms with van der Waals surface area (Å²) in [6.07, 6.45) is 11.7. The molecule has 5 nitrogen and oxygen atoms in total. The van der Waals surface area contributed by atoms with E-state index in [1.807, 2.05) is 72.8 Å². The molecule has 164 valence electrons. The summed E-state index contributed by atoms with van der Waals surface area (Å²) in [6, 6.07) is 17.8. The molecule has 0 N–H and O–H groups in total. The highest BCUT2D eigenvalue weighted by atomic mass is 32.1. The fraction of sp³-hybridized carbons (Fsp3) is 0.269. The molecule has 6 heteroatoms. The third-order valence-corrected chi connectivity index (χ3v) is 6.08. The van der Waals surface area contributed by atoms with Crippen LogP contribution >= 0.6 is 11.3 Å². The molecule has 0 saturated heterocycles. The lowest BCUT2D eigenvalue weighted by Crippen LogP contribution is -2.23. The van der Waals surface area contributed by atoms with Crippen LogP contribution < -0.4 is 14.8 Å². The molecule has 2 aromatic carbocycles. The highest BCUT2D eigenvalue weighted by molar-refractivity contribution is 7.15. The van der Waals surface area contributed by atoms with Crippen molar-refractivity contribution in [2.75, 3.05) is 6.61 Å². The van der Waals surface area contributed by atoms with Crippen LogP contribution in [0.2, 0.25) is 0 Å². The van der Waals surface area contributed by atoms with Gasteiger partial charge >= 0.3 is 0 Å². The summed E-state index contributed by atoms with van der Waals surface area (Å²) in [6.45, 7) is 2.96. The lowest BCUT2D eigenvalue weighted by Gasteiger charge is -2.06. The Morgan fingerprint density at radius 1 is 0.938 bits per heavy atom. The summed E-state index contributed by atoms with van der Waals surface area (Å²) in [5.41, 5.74) is 1.86. The quantitative estimate of drug-likeness (QED) is 0.314. The van der Waals surface area contributed by atoms with E-state index in [-0.39, 0.29) is 5.56 Å². The normalized spacial score (nSPS) is 12.2. The smallest absolute Gasteiger partial charge is 0.291 e. The van der Waals surface area contributed by atoms with Crippen molar-refractivity contribution in [2.24, 2.45) is 0 Å². The molecule has 0 aliphatic carbocycles. The van der Waals surface area contributed by atoms with Crippen molar-refractivity contribution in [2.45, 2.75) is 39.0 Å². The maximum atomic E-state index is 12.7. The highest BCUT2D eigenvalue weighted by Gasteiger charge is 2.08. The Bertz CT molecular complexity index is 1270. The average molecular weight is 446 g/mol. The Balaban J connectivity index is 1.41. The maximum Gasteiger partial charge on any atom is 0.291 e. The monoisotopic (exact) mass is 445 g/mol. The number of hydrogen-bond acceptors (Lipinski definition) is 5. The van der Waals surface area contributed by atoms with Crippen molar-refractivity contribution in [3.8, 4) is 5.75 Å². The van der Waals surface area contributed by atoms with E-state index in [4.69, 9.17) is 4.74 Å². The van der Waals surface area contributed by atoms with Gasteiger partial charge in [0.25, 0.3) is 5.56 Å². The Morgan fingerprint density at radius 3 is 2.47 bits per heavy atom. The predicted molar refractivity (Wildman–Crippen MR) is 132 cm³/mol. The maximum absolute atomic E-state index is 12.7. The minimum absolute atomic E-state index is 0.149. The molecule has 4 rings (SSSR count). The molecule has 0 spiro atoms. The number of ether oxygens (including phenoxy) is 1. The van der Waals surface area contributed by atoms with Gasteiger partial charge in [-0.25, -0.2) is 0 Å². The number of nitrogens with zero attached hydrogens (tertiary/aromatic N) is 3. The minimum Gasteiger partial charge on any atom is -0.494 e. The second kappa shape index (κ2) is 10.9. The fourth-order valence-electron chi connectivity index (χ4n) is 3.36. The zero-order valence-corrected chi connectivity index (χ0v) is 19.1. The average Bonchev–Trinajstić information content (AvgIpc) is 3.35. The van der Waals surface area contributed by atoms with Gasteiger partial charge in [-0.15, -0.1) is 5.10 Å². The van der Waals surface area contributed by atoms with Gasteiger partial charge in [-0.2, -0.15) is 9.50 Å². The van der Waals surface area contributed by atoms with Crippen LogP contribution in [-0.2, 0) is 0 Å². The molecule has 0 fully saturated rings. The lowest BCUT2D eigenvalue weighted by atomic mass is 10.2. The summed E-state index contributed by atoms with van der Waals surface area (Å²) in [5.74, 6) is 1.39. The molecule has 32 heavy (non-hydrogen) atoms. The van der Waals surface area contributed by atoms with Gasteiger partial charge in [0, 0.05) is 0 Å². The van der Waals surface area contributed by atoms with Crippen LogP contribution in [-0.4, -0.2) is 21.2 Å². The van der Waals surface area contributed by atoms with E-state index in [1.165, 1.54) is 41.5 Å². The van der Waals surface area contributed by atoms with E-state index in [9.17, 15) is 4.79 Å². The summed E-state index contributed by atoms with van der Waals surface area (Å²) < 4.78 is 7.80. The molecule has 2 aromatic heterocycles. The van der Waals surface area contributed by atoms with Crippen molar-refractivity contribution < 1.29 is 4.74 Å². The van der Waals surface area contributed by atoms with E-state index in [2.05, 4.69) is 17.0 Å². The zero-order chi connectivity index (χ0) is 22.2. The number of benzene rings is 2. The summed E-state index contributed by atoms with van der Waals surface area (Å²) in [7, 11) is 0. The number of thiazole rings is 1. The van der Waals surface area contributed by atoms with Gasteiger partial charge in [0.05, 0.1) is 11.1 Å². The van der Waals surface area contributed by atoms with Gasteiger partial charge in [-0.05, 0) is 41.8 Å². The number of unbranched alkanes of at least 4 members (excludes halogenated alkanes) is 4. The highest BCUT2D eigenvalue weighted by Crippen LogP contribution is 2.14. The first-order chi connectivity index (χ1) is 15.7. The Morgan fingerprint density at radius 2 is 1.72 bits per heavy atom. The molecule has 0 amide bonds. The first kappa shape index (κ1) is 22.0. The molecule has 2 heterocycles. The molecule has 0 atom stereocenters. The van der Waals surface area contributed by atoms with Crippen molar-refractivity contribution in [3.63, 3.8) is 0 Å². The second-order valence-corrected chi connectivity index (χ2v) is 8.67. The summed E-state index contributed by atoms with van der Waals surface area (Å²) in [5, 5.41) is 4.34. The van der Waals surface area contributed by atoms with Gasteiger partial charge in [0.15, 0.2) is 5.82 Å². The van der Waals surface area contributed by atoms with Crippen LogP contribution in [0.25, 0.3) is 23.2 Å². The van der Waals surface area contributed by atoms with E-state index in [1.54, 1.807) is 0 Å². The number of rotatable bonds is 10. The molecule has 0 bridgehead atoms. The SMILES string of the molecule is CCCCCCCOc1ccc(C=c2sc3nc(C=Cc4ccccc4)nn3c2=O)cc1. The van der Waals surface area contributed by atoms with Gasteiger partial charge in [0.2, 0.25) is 4.96 Å². The number of hydrogen-bond donors (Lipinski definition) is 0. The molecule has 4 aromatic rings. The van der Waals surface area contributed by atoms with Crippen molar-refractivity contribution in [1.82, 2.24) is 14.6 Å². The third-order valence-electron chi connectivity index (χ3n) is 5.12. The Kier molecular flexibility index (Phi) is 7.46. The van der Waals surface area contributed by atoms with Crippen LogP contribution in [0, 0.1) is 0 Å². The standard InChI is InChI=1S/C26H27N3O2S/c1-2-3-4-5-9-18-31-22-15-12-21(13-16-22)19-23-25(30)29-26(32-23)27-24(28-29)17-14-20-10-7-6-8-11-20/h6-8,10-17,19H,2-5,9,18H2,1H3. The predicted octanol–water partition coefficient (Wildman–Crippen LogP) is 5.22. The van der Waals surface area contributed by atoms with E-state index < -0.39 is 0 Å². The molecule has 0 saturated carbocycles. The molecule has 0 aliphatic rings. The van der Waals surface area contributed by atoms with Crippen molar-refractivity contribution in [1.29, 1.82) is 0 Å². The molecule has 0 unspecified atom stereocenters.